The predicted molar refractivity (Wildman–Crippen MR) is 122 cm³/mol. The van der Waals surface area contributed by atoms with Gasteiger partial charge >= 0.3 is 0 Å². The molecular weight excluding hydrogens is 402 g/mol. The maximum atomic E-state index is 13.7. The third-order valence-electron chi connectivity index (χ3n) is 7.33. The van der Waals surface area contributed by atoms with Crippen molar-refractivity contribution >= 4 is 11.8 Å². The van der Waals surface area contributed by atoms with Crippen molar-refractivity contribution in [1.29, 1.82) is 0 Å². The van der Waals surface area contributed by atoms with E-state index >= 15 is 0 Å². The van der Waals surface area contributed by atoms with Gasteiger partial charge in [-0.25, -0.2) is 0 Å². The average molecular weight is 434 g/mol. The molecule has 2 aromatic carbocycles. The zero-order valence-corrected chi connectivity index (χ0v) is 18.4. The van der Waals surface area contributed by atoms with Gasteiger partial charge in [-0.2, -0.15) is 0 Å². The molecule has 2 saturated heterocycles. The molecule has 0 bridgehead atoms. The van der Waals surface area contributed by atoms with Crippen molar-refractivity contribution in [3.63, 3.8) is 0 Å². The van der Waals surface area contributed by atoms with Crippen molar-refractivity contribution in [2.75, 3.05) is 26.2 Å². The number of nitrogens with zero attached hydrogens (tertiary/aromatic N) is 2. The SMILES string of the molecule is O=C1N[C@]2(CCc3ccccc31)CN(Cc1ccccc1)C[C@H]2C(=O)N1CCCC(O)C1. The normalized spacial score (nSPS) is 28.3. The molecule has 0 aliphatic carbocycles. The fraction of sp³-hybridized carbons (Fsp3) is 0.462. The number of fused-ring (bicyclic) bond motifs is 1. The quantitative estimate of drug-likeness (QED) is 0.779. The Kier molecular flexibility index (Phi) is 5.74. The number of rotatable bonds is 3. The summed E-state index contributed by atoms with van der Waals surface area (Å²) in [5.41, 5.74) is 2.35. The minimum atomic E-state index is -0.607. The molecule has 3 aliphatic heterocycles. The Morgan fingerprint density at radius 3 is 2.69 bits per heavy atom. The fourth-order valence-corrected chi connectivity index (χ4v) is 5.71. The molecule has 5 rings (SSSR count). The molecule has 2 N–H and O–H groups in total. The van der Waals surface area contributed by atoms with Crippen LogP contribution in [0.15, 0.2) is 54.6 Å². The first-order valence-electron chi connectivity index (χ1n) is 11.7. The number of hydrogen-bond donors (Lipinski definition) is 2. The summed E-state index contributed by atoms with van der Waals surface area (Å²) in [4.78, 5) is 31.1. The molecule has 168 valence electrons. The molecule has 3 heterocycles. The first-order chi connectivity index (χ1) is 15.5. The fourth-order valence-electron chi connectivity index (χ4n) is 5.71. The van der Waals surface area contributed by atoms with Gasteiger partial charge in [0, 0.05) is 38.3 Å². The molecule has 1 spiro atoms. The van der Waals surface area contributed by atoms with Crippen molar-refractivity contribution in [1.82, 2.24) is 15.1 Å². The van der Waals surface area contributed by atoms with E-state index in [1.54, 1.807) is 0 Å². The number of aliphatic hydroxyl groups excluding tert-OH is 1. The van der Waals surface area contributed by atoms with Crippen molar-refractivity contribution in [3.05, 3.63) is 71.3 Å². The van der Waals surface area contributed by atoms with Gasteiger partial charge in [0.15, 0.2) is 0 Å². The number of β-amino-alcohol motifs (C(OH)–C–C–N with tert-alkyl or cyclic N) is 1. The lowest BCUT2D eigenvalue weighted by Crippen LogP contribution is -2.59. The second-order valence-electron chi connectivity index (χ2n) is 9.56. The molecule has 2 aromatic rings. The topological polar surface area (TPSA) is 72.9 Å². The van der Waals surface area contributed by atoms with Crippen LogP contribution in [0.5, 0.6) is 0 Å². The highest BCUT2D eigenvalue weighted by molar-refractivity contribution is 5.97. The molecule has 3 aliphatic rings. The summed E-state index contributed by atoms with van der Waals surface area (Å²) in [6, 6.07) is 18.0. The summed E-state index contributed by atoms with van der Waals surface area (Å²) >= 11 is 0. The molecule has 6 nitrogen and oxygen atoms in total. The number of piperidine rings is 1. The van der Waals surface area contributed by atoms with Crippen LogP contribution in [0.3, 0.4) is 0 Å². The van der Waals surface area contributed by atoms with E-state index in [1.807, 2.05) is 47.4 Å². The minimum absolute atomic E-state index is 0.0607. The van der Waals surface area contributed by atoms with Crippen LogP contribution in [0.1, 0.15) is 40.7 Å². The van der Waals surface area contributed by atoms with E-state index in [2.05, 4.69) is 22.3 Å². The van der Waals surface area contributed by atoms with Crippen LogP contribution in [0.25, 0.3) is 0 Å². The second-order valence-corrected chi connectivity index (χ2v) is 9.56. The Bertz CT molecular complexity index is 995. The van der Waals surface area contributed by atoms with Crippen molar-refractivity contribution in [2.24, 2.45) is 5.92 Å². The van der Waals surface area contributed by atoms with E-state index in [4.69, 9.17) is 0 Å². The minimum Gasteiger partial charge on any atom is -0.391 e. The van der Waals surface area contributed by atoms with E-state index < -0.39 is 11.6 Å². The molecule has 0 radical (unpaired) electrons. The van der Waals surface area contributed by atoms with Crippen molar-refractivity contribution in [2.45, 2.75) is 43.9 Å². The van der Waals surface area contributed by atoms with E-state index in [0.717, 1.165) is 37.8 Å². The number of aliphatic hydroxyl groups is 1. The van der Waals surface area contributed by atoms with Crippen molar-refractivity contribution in [3.8, 4) is 0 Å². The number of aryl methyl sites for hydroxylation is 1. The monoisotopic (exact) mass is 433 g/mol. The summed E-state index contributed by atoms with van der Waals surface area (Å²) in [6.07, 6.45) is 2.59. The number of likely N-dealkylation sites (tertiary alicyclic amines) is 2. The Labute approximate surface area is 189 Å². The maximum Gasteiger partial charge on any atom is 0.252 e. The zero-order valence-electron chi connectivity index (χ0n) is 18.4. The van der Waals surface area contributed by atoms with E-state index in [9.17, 15) is 14.7 Å². The largest absolute Gasteiger partial charge is 0.391 e. The van der Waals surface area contributed by atoms with Crippen LogP contribution in [0, 0.1) is 5.92 Å². The molecule has 6 heteroatoms. The highest BCUT2D eigenvalue weighted by Crippen LogP contribution is 2.37. The van der Waals surface area contributed by atoms with Crippen LogP contribution in [-0.2, 0) is 17.8 Å². The lowest BCUT2D eigenvalue weighted by molar-refractivity contribution is -0.140. The maximum absolute atomic E-state index is 13.7. The Morgan fingerprint density at radius 1 is 1.09 bits per heavy atom. The zero-order chi connectivity index (χ0) is 22.1. The molecule has 3 atom stereocenters. The molecule has 1 unspecified atom stereocenters. The summed E-state index contributed by atoms with van der Waals surface area (Å²) in [6.45, 7) is 3.07. The summed E-state index contributed by atoms with van der Waals surface area (Å²) in [5.74, 6) is -0.350. The Hall–Kier alpha value is -2.70. The average Bonchev–Trinajstić information content (AvgIpc) is 3.08. The predicted octanol–water partition coefficient (Wildman–Crippen LogP) is 2.22. The van der Waals surface area contributed by atoms with Gasteiger partial charge in [0.05, 0.1) is 17.6 Å². The highest BCUT2D eigenvalue weighted by atomic mass is 16.3. The lowest BCUT2D eigenvalue weighted by Gasteiger charge is -2.38. The van der Waals surface area contributed by atoms with Gasteiger partial charge in [0.1, 0.15) is 0 Å². The van der Waals surface area contributed by atoms with Crippen LogP contribution in [0.4, 0.5) is 0 Å². The third kappa shape index (κ3) is 4.05. The van der Waals surface area contributed by atoms with E-state index in [0.29, 0.717) is 31.7 Å². The standard InChI is InChI=1S/C26H31N3O3/c30-21-10-6-14-29(16-21)25(32)23-17-28(15-19-7-2-1-3-8-19)18-26(23)13-12-20-9-4-5-11-22(20)24(31)27-26/h1-5,7-9,11,21,23,30H,6,10,12-18H2,(H,27,31)/t21?,23-,26+/m0/s1. The third-order valence-corrected chi connectivity index (χ3v) is 7.33. The Balaban J connectivity index is 1.44. The van der Waals surface area contributed by atoms with Gasteiger partial charge in [-0.05, 0) is 42.9 Å². The van der Waals surface area contributed by atoms with Crippen LogP contribution in [-0.4, -0.2) is 64.5 Å². The van der Waals surface area contributed by atoms with Crippen LogP contribution < -0.4 is 5.32 Å². The highest BCUT2D eigenvalue weighted by Gasteiger charge is 2.52. The second kappa shape index (κ2) is 8.68. The first-order valence-corrected chi connectivity index (χ1v) is 11.7. The van der Waals surface area contributed by atoms with Gasteiger partial charge in [0.25, 0.3) is 5.91 Å². The number of benzene rings is 2. The molecule has 0 saturated carbocycles. The van der Waals surface area contributed by atoms with Crippen LogP contribution >= 0.6 is 0 Å². The number of carbonyl (C=O) groups is 2. The molecule has 32 heavy (non-hydrogen) atoms. The molecule has 2 fully saturated rings. The molecule has 0 aromatic heterocycles. The van der Waals surface area contributed by atoms with E-state index in [1.165, 1.54) is 5.56 Å². The lowest BCUT2D eigenvalue weighted by atomic mass is 9.81. The number of hydrogen-bond acceptors (Lipinski definition) is 4. The first kappa shape index (κ1) is 21.2. The van der Waals surface area contributed by atoms with Gasteiger partial charge in [0.2, 0.25) is 5.91 Å². The number of carbonyl (C=O) groups excluding carboxylic acids is 2. The van der Waals surface area contributed by atoms with Crippen LogP contribution in [0.2, 0.25) is 0 Å². The van der Waals surface area contributed by atoms with E-state index in [-0.39, 0.29) is 17.7 Å². The smallest absolute Gasteiger partial charge is 0.252 e. The van der Waals surface area contributed by atoms with Gasteiger partial charge in [-0.15, -0.1) is 0 Å². The summed E-state index contributed by atoms with van der Waals surface area (Å²) < 4.78 is 0. The van der Waals surface area contributed by atoms with Gasteiger partial charge in [-0.3, -0.25) is 14.5 Å². The van der Waals surface area contributed by atoms with Gasteiger partial charge < -0.3 is 15.3 Å². The molecule has 2 amide bonds. The molecular formula is C26H31N3O3. The number of amides is 2. The Morgan fingerprint density at radius 2 is 1.88 bits per heavy atom. The van der Waals surface area contributed by atoms with Gasteiger partial charge in [-0.1, -0.05) is 48.5 Å². The van der Waals surface area contributed by atoms with Crippen molar-refractivity contribution < 1.29 is 14.7 Å². The summed E-state index contributed by atoms with van der Waals surface area (Å²) in [7, 11) is 0. The number of nitrogens with one attached hydrogen (secondary N) is 1. The summed E-state index contributed by atoms with van der Waals surface area (Å²) in [5, 5.41) is 13.5.